The second kappa shape index (κ2) is 6.02. The molecule has 2 rings (SSSR count). The third-order valence-electron chi connectivity index (χ3n) is 2.77. The molecule has 96 valence electrons. The Kier molecular flexibility index (Phi) is 4.38. The van der Waals surface area contributed by atoms with Gasteiger partial charge in [-0.05, 0) is 36.9 Å². The smallest absolute Gasteiger partial charge is 0.195 e. The normalized spacial score (nSPS) is 12.6. The van der Waals surface area contributed by atoms with Gasteiger partial charge in [0.1, 0.15) is 6.33 Å². The first kappa shape index (κ1) is 13.1. The third-order valence-corrected chi connectivity index (χ3v) is 3.91. The summed E-state index contributed by atoms with van der Waals surface area (Å²) in [5.74, 6) is 0. The molecule has 0 saturated heterocycles. The van der Waals surface area contributed by atoms with Crippen molar-refractivity contribution in [2.75, 3.05) is 6.54 Å². The molecule has 1 heterocycles. The molecular weight excluding hydrogens is 244 g/mol. The highest BCUT2D eigenvalue weighted by Crippen LogP contribution is 2.31. The van der Waals surface area contributed by atoms with E-state index < -0.39 is 0 Å². The van der Waals surface area contributed by atoms with E-state index in [1.165, 1.54) is 10.5 Å². The lowest BCUT2D eigenvalue weighted by Gasteiger charge is -2.16. The van der Waals surface area contributed by atoms with E-state index >= 15 is 0 Å². The minimum atomic E-state index is 0.340. The highest BCUT2D eigenvalue weighted by Gasteiger charge is 2.12. The van der Waals surface area contributed by atoms with Crippen LogP contribution in [0.5, 0.6) is 0 Å². The molecule has 18 heavy (non-hydrogen) atoms. The lowest BCUT2D eigenvalue weighted by Crippen LogP contribution is -2.18. The molecule has 4 nitrogen and oxygen atoms in total. The minimum Gasteiger partial charge on any atom is -0.311 e. The van der Waals surface area contributed by atoms with Crippen LogP contribution >= 0.6 is 11.8 Å². The van der Waals surface area contributed by atoms with E-state index in [1.54, 1.807) is 18.1 Å². The first-order valence-corrected chi connectivity index (χ1v) is 6.88. The van der Waals surface area contributed by atoms with Crippen molar-refractivity contribution in [1.29, 1.82) is 0 Å². The molecule has 0 bridgehead atoms. The molecule has 5 heteroatoms. The second-order valence-electron chi connectivity index (χ2n) is 4.14. The second-order valence-corrected chi connectivity index (χ2v) is 5.15. The van der Waals surface area contributed by atoms with Crippen LogP contribution in [0, 0.1) is 0 Å². The Hall–Kier alpha value is -1.33. The molecule has 0 fully saturated rings. The van der Waals surface area contributed by atoms with Gasteiger partial charge in [0.25, 0.3) is 0 Å². The van der Waals surface area contributed by atoms with Crippen LogP contribution in [-0.4, -0.2) is 21.3 Å². The summed E-state index contributed by atoms with van der Waals surface area (Å²) in [6.07, 6.45) is 1.72. The zero-order chi connectivity index (χ0) is 13.0. The van der Waals surface area contributed by atoms with Crippen LogP contribution in [0.25, 0.3) is 0 Å². The van der Waals surface area contributed by atoms with Gasteiger partial charge in [0.05, 0.1) is 0 Å². The molecule has 0 saturated carbocycles. The van der Waals surface area contributed by atoms with Crippen molar-refractivity contribution < 1.29 is 0 Å². The van der Waals surface area contributed by atoms with Crippen LogP contribution in [0.3, 0.4) is 0 Å². The highest BCUT2D eigenvalue weighted by atomic mass is 32.2. The molecule has 2 aromatic rings. The summed E-state index contributed by atoms with van der Waals surface area (Å²) in [6, 6.07) is 8.76. The van der Waals surface area contributed by atoms with Gasteiger partial charge in [-0.1, -0.05) is 25.1 Å². The molecule has 0 amide bonds. The number of aryl methyl sites for hydroxylation is 1. The van der Waals surface area contributed by atoms with Gasteiger partial charge in [-0.2, -0.15) is 0 Å². The maximum Gasteiger partial charge on any atom is 0.195 e. The van der Waals surface area contributed by atoms with E-state index in [9.17, 15) is 0 Å². The summed E-state index contributed by atoms with van der Waals surface area (Å²) in [5.41, 5.74) is 1.30. The maximum atomic E-state index is 4.11. The number of nitrogens with one attached hydrogen (secondary N) is 1. The van der Waals surface area contributed by atoms with Gasteiger partial charge in [-0.15, -0.1) is 10.2 Å². The van der Waals surface area contributed by atoms with Gasteiger partial charge in [-0.25, -0.2) is 0 Å². The van der Waals surface area contributed by atoms with Gasteiger partial charge in [-0.3, -0.25) is 0 Å². The molecule has 0 aliphatic carbocycles. The fourth-order valence-corrected chi connectivity index (χ4v) is 2.80. The largest absolute Gasteiger partial charge is 0.311 e. The van der Waals surface area contributed by atoms with E-state index in [-0.39, 0.29) is 0 Å². The molecule has 0 spiro atoms. The summed E-state index contributed by atoms with van der Waals surface area (Å²) >= 11 is 1.65. The van der Waals surface area contributed by atoms with Crippen LogP contribution in [0.2, 0.25) is 0 Å². The fraction of sp³-hybridized carbons (Fsp3) is 0.385. The number of nitrogens with zero attached hydrogens (tertiary/aromatic N) is 3. The molecule has 1 aromatic heterocycles. The third kappa shape index (κ3) is 2.91. The number of aromatic nitrogens is 3. The van der Waals surface area contributed by atoms with E-state index in [0.717, 1.165) is 11.7 Å². The molecular formula is C13H18N4S. The fourth-order valence-electron chi connectivity index (χ4n) is 1.81. The SMILES string of the molecule is CCNC(C)c1ccccc1Sc1nncn1C. The Morgan fingerprint density at radius 2 is 2.17 bits per heavy atom. The number of hydrogen-bond donors (Lipinski definition) is 1. The molecule has 0 aliphatic rings. The summed E-state index contributed by atoms with van der Waals surface area (Å²) in [4.78, 5) is 1.22. The molecule has 1 aromatic carbocycles. The van der Waals surface area contributed by atoms with Crippen molar-refractivity contribution >= 4 is 11.8 Å². The van der Waals surface area contributed by atoms with E-state index in [4.69, 9.17) is 0 Å². The van der Waals surface area contributed by atoms with Gasteiger partial charge in [0.2, 0.25) is 0 Å². The summed E-state index contributed by atoms with van der Waals surface area (Å²) in [6.45, 7) is 5.26. The number of benzene rings is 1. The summed E-state index contributed by atoms with van der Waals surface area (Å²) in [7, 11) is 1.96. The van der Waals surface area contributed by atoms with Crippen LogP contribution in [0.1, 0.15) is 25.5 Å². The molecule has 0 aliphatic heterocycles. The van der Waals surface area contributed by atoms with Gasteiger partial charge < -0.3 is 9.88 Å². The van der Waals surface area contributed by atoms with Crippen molar-refractivity contribution in [3.8, 4) is 0 Å². The Balaban J connectivity index is 2.25. The van der Waals surface area contributed by atoms with Crippen LogP contribution < -0.4 is 5.32 Å². The van der Waals surface area contributed by atoms with Crippen molar-refractivity contribution in [3.63, 3.8) is 0 Å². The Labute approximate surface area is 112 Å². The molecule has 1 unspecified atom stereocenters. The van der Waals surface area contributed by atoms with Gasteiger partial charge in [0.15, 0.2) is 5.16 Å². The average Bonchev–Trinajstić information content (AvgIpc) is 2.76. The lowest BCUT2D eigenvalue weighted by molar-refractivity contribution is 0.589. The van der Waals surface area contributed by atoms with Crippen molar-refractivity contribution in [2.24, 2.45) is 7.05 Å². The van der Waals surface area contributed by atoms with Crippen LogP contribution in [-0.2, 0) is 7.05 Å². The van der Waals surface area contributed by atoms with Crippen molar-refractivity contribution in [2.45, 2.75) is 29.9 Å². The maximum absolute atomic E-state index is 4.11. The van der Waals surface area contributed by atoms with Crippen molar-refractivity contribution in [1.82, 2.24) is 20.1 Å². The molecule has 0 radical (unpaired) electrons. The summed E-state index contributed by atoms with van der Waals surface area (Å²) < 4.78 is 1.93. The van der Waals surface area contributed by atoms with Crippen LogP contribution in [0.4, 0.5) is 0 Å². The quantitative estimate of drug-likeness (QED) is 0.899. The summed E-state index contributed by atoms with van der Waals surface area (Å²) in [5, 5.41) is 12.4. The zero-order valence-corrected chi connectivity index (χ0v) is 11.7. The van der Waals surface area contributed by atoms with Gasteiger partial charge >= 0.3 is 0 Å². The number of rotatable bonds is 5. The van der Waals surface area contributed by atoms with E-state index in [2.05, 4.69) is 53.6 Å². The minimum absolute atomic E-state index is 0.340. The molecule has 1 N–H and O–H groups in total. The zero-order valence-electron chi connectivity index (χ0n) is 10.9. The number of hydrogen-bond acceptors (Lipinski definition) is 4. The van der Waals surface area contributed by atoms with Crippen molar-refractivity contribution in [3.05, 3.63) is 36.2 Å². The van der Waals surface area contributed by atoms with Gasteiger partial charge in [0, 0.05) is 18.0 Å². The highest BCUT2D eigenvalue weighted by molar-refractivity contribution is 7.99. The average molecular weight is 262 g/mol. The first-order valence-electron chi connectivity index (χ1n) is 6.06. The predicted octanol–water partition coefficient (Wildman–Crippen LogP) is 2.64. The monoisotopic (exact) mass is 262 g/mol. The van der Waals surface area contributed by atoms with E-state index in [1.807, 2.05) is 11.6 Å². The standard InChI is InChI=1S/C13H18N4S/c1-4-14-10(2)11-7-5-6-8-12(11)18-13-16-15-9-17(13)3/h5-10,14H,4H2,1-3H3. The van der Waals surface area contributed by atoms with Crippen LogP contribution in [0.15, 0.2) is 40.6 Å². The van der Waals surface area contributed by atoms with E-state index in [0.29, 0.717) is 6.04 Å². The first-order chi connectivity index (χ1) is 8.72. The Morgan fingerprint density at radius 1 is 1.39 bits per heavy atom. The topological polar surface area (TPSA) is 42.7 Å². The Bertz CT molecular complexity index is 509. The molecule has 1 atom stereocenters. The lowest BCUT2D eigenvalue weighted by atomic mass is 10.1. The predicted molar refractivity (Wildman–Crippen MR) is 73.7 cm³/mol. The Morgan fingerprint density at radius 3 is 2.83 bits per heavy atom.